The van der Waals surface area contributed by atoms with Gasteiger partial charge in [-0.05, 0) is 30.3 Å². The Hall–Kier alpha value is -2.29. The molecule has 1 aliphatic rings. The Bertz CT molecular complexity index is 864. The Kier molecular flexibility index (Phi) is 5.12. The van der Waals surface area contributed by atoms with E-state index in [-0.39, 0.29) is 23.7 Å². The van der Waals surface area contributed by atoms with Gasteiger partial charge in [-0.3, -0.25) is 0 Å². The van der Waals surface area contributed by atoms with Crippen LogP contribution in [0, 0.1) is 5.82 Å². The first-order chi connectivity index (χ1) is 12.0. The number of morpholine rings is 1. The largest absolute Gasteiger partial charge is 0.423 e. The lowest BCUT2D eigenvalue weighted by Gasteiger charge is -2.26. The number of nitrogens with zero attached hydrogens (tertiary/aromatic N) is 1. The van der Waals surface area contributed by atoms with Crippen molar-refractivity contribution >= 4 is 16.0 Å². The van der Waals surface area contributed by atoms with Crippen molar-refractivity contribution in [3.05, 3.63) is 59.9 Å². The number of carbonyl (C=O) groups excluding carboxylic acids is 1. The topological polar surface area (TPSA) is 72.9 Å². The number of ether oxygens (including phenoxy) is 2. The monoisotopic (exact) mass is 365 g/mol. The van der Waals surface area contributed by atoms with Crippen LogP contribution < -0.4 is 4.74 Å². The van der Waals surface area contributed by atoms with Crippen molar-refractivity contribution in [2.24, 2.45) is 0 Å². The Morgan fingerprint density at radius 3 is 2.44 bits per heavy atom. The first-order valence-corrected chi connectivity index (χ1v) is 9.07. The average Bonchev–Trinajstić information content (AvgIpc) is 2.63. The van der Waals surface area contributed by atoms with Crippen molar-refractivity contribution in [3.63, 3.8) is 0 Å². The van der Waals surface area contributed by atoms with E-state index in [0.29, 0.717) is 13.2 Å². The van der Waals surface area contributed by atoms with Crippen molar-refractivity contribution < 1.29 is 27.1 Å². The molecule has 0 N–H and O–H groups in total. The molecule has 1 fully saturated rings. The lowest BCUT2D eigenvalue weighted by Crippen LogP contribution is -2.40. The average molecular weight is 365 g/mol. The molecular weight excluding hydrogens is 349 g/mol. The van der Waals surface area contributed by atoms with Crippen molar-refractivity contribution in [1.82, 2.24) is 4.31 Å². The van der Waals surface area contributed by atoms with Gasteiger partial charge >= 0.3 is 5.97 Å². The second kappa shape index (κ2) is 7.30. The smallest absolute Gasteiger partial charge is 0.346 e. The number of hydrogen-bond acceptors (Lipinski definition) is 5. The Morgan fingerprint density at radius 2 is 1.76 bits per heavy atom. The summed E-state index contributed by atoms with van der Waals surface area (Å²) in [5.41, 5.74) is -0.432. The number of esters is 1. The molecule has 0 radical (unpaired) electrons. The van der Waals surface area contributed by atoms with E-state index in [4.69, 9.17) is 9.47 Å². The number of sulfonamides is 1. The van der Waals surface area contributed by atoms with Crippen LogP contribution in [-0.4, -0.2) is 45.0 Å². The molecule has 132 valence electrons. The van der Waals surface area contributed by atoms with Crippen molar-refractivity contribution in [1.29, 1.82) is 0 Å². The first-order valence-electron chi connectivity index (χ1n) is 7.63. The molecule has 6 nitrogen and oxygen atoms in total. The van der Waals surface area contributed by atoms with Crippen molar-refractivity contribution in [2.45, 2.75) is 4.90 Å². The SMILES string of the molecule is O=C(Oc1ccccc1)c1cc(S(=O)(=O)N2CCOCC2)ccc1F. The quantitative estimate of drug-likeness (QED) is 0.613. The van der Waals surface area contributed by atoms with Gasteiger partial charge in [0, 0.05) is 13.1 Å². The highest BCUT2D eigenvalue weighted by atomic mass is 32.2. The van der Waals surface area contributed by atoms with Gasteiger partial charge in [0.15, 0.2) is 0 Å². The lowest BCUT2D eigenvalue weighted by atomic mass is 10.2. The summed E-state index contributed by atoms with van der Waals surface area (Å²) in [5.74, 6) is -1.56. The molecule has 2 aromatic carbocycles. The van der Waals surface area contributed by atoms with E-state index >= 15 is 0 Å². The zero-order valence-electron chi connectivity index (χ0n) is 13.2. The molecule has 25 heavy (non-hydrogen) atoms. The first kappa shape index (κ1) is 17.5. The highest BCUT2D eigenvalue weighted by molar-refractivity contribution is 7.89. The summed E-state index contributed by atoms with van der Waals surface area (Å²) in [7, 11) is -3.83. The van der Waals surface area contributed by atoms with Crippen LogP contribution in [0.1, 0.15) is 10.4 Å². The maximum Gasteiger partial charge on any atom is 0.346 e. The maximum atomic E-state index is 14.0. The molecule has 0 atom stereocenters. The van der Waals surface area contributed by atoms with Crippen LogP contribution in [0.15, 0.2) is 53.4 Å². The van der Waals surface area contributed by atoms with Crippen LogP contribution in [0.25, 0.3) is 0 Å². The van der Waals surface area contributed by atoms with Crippen LogP contribution in [0.3, 0.4) is 0 Å². The number of hydrogen-bond donors (Lipinski definition) is 0. The summed E-state index contributed by atoms with van der Waals surface area (Å²) in [6.07, 6.45) is 0. The van der Waals surface area contributed by atoms with Gasteiger partial charge in [-0.15, -0.1) is 0 Å². The predicted molar refractivity (Wildman–Crippen MR) is 87.4 cm³/mol. The minimum absolute atomic E-state index is 0.157. The maximum absolute atomic E-state index is 14.0. The minimum atomic E-state index is -3.83. The number of benzene rings is 2. The highest BCUT2D eigenvalue weighted by Crippen LogP contribution is 2.21. The van der Waals surface area contributed by atoms with Crippen LogP contribution in [-0.2, 0) is 14.8 Å². The summed E-state index contributed by atoms with van der Waals surface area (Å²) in [6, 6.07) is 11.3. The minimum Gasteiger partial charge on any atom is -0.423 e. The van der Waals surface area contributed by atoms with Crippen LogP contribution in [0.4, 0.5) is 4.39 Å². The number of halogens is 1. The van der Waals surface area contributed by atoms with E-state index in [2.05, 4.69) is 0 Å². The van der Waals surface area contributed by atoms with Crippen LogP contribution in [0.2, 0.25) is 0 Å². The standard InChI is InChI=1S/C17H16FNO5S/c18-16-7-6-14(25(21,22)19-8-10-23-11-9-19)12-15(16)17(20)24-13-4-2-1-3-5-13/h1-7,12H,8-11H2. The summed E-state index contributed by atoms with van der Waals surface area (Å²) in [5, 5.41) is 0. The molecule has 0 bridgehead atoms. The Morgan fingerprint density at radius 1 is 1.08 bits per heavy atom. The summed E-state index contributed by atoms with van der Waals surface area (Å²) in [4.78, 5) is 12.0. The highest BCUT2D eigenvalue weighted by Gasteiger charge is 2.28. The van der Waals surface area contributed by atoms with Crippen LogP contribution in [0.5, 0.6) is 5.75 Å². The zero-order valence-corrected chi connectivity index (χ0v) is 14.0. The molecule has 0 aromatic heterocycles. The third kappa shape index (κ3) is 3.87. The van der Waals surface area contributed by atoms with Gasteiger partial charge in [-0.2, -0.15) is 4.31 Å². The molecule has 0 unspecified atom stereocenters. The third-order valence-corrected chi connectivity index (χ3v) is 5.61. The molecule has 2 aromatic rings. The molecule has 0 amide bonds. The summed E-state index contributed by atoms with van der Waals surface area (Å²) < 4.78 is 50.7. The molecular formula is C17H16FNO5S. The van der Waals surface area contributed by atoms with Gasteiger partial charge < -0.3 is 9.47 Å². The van der Waals surface area contributed by atoms with E-state index < -0.39 is 27.4 Å². The molecule has 0 saturated carbocycles. The van der Waals surface area contributed by atoms with Gasteiger partial charge in [0.2, 0.25) is 10.0 Å². The molecule has 0 spiro atoms. The van der Waals surface area contributed by atoms with Gasteiger partial charge in [-0.25, -0.2) is 17.6 Å². The van der Waals surface area contributed by atoms with E-state index in [1.165, 1.54) is 4.31 Å². The molecule has 8 heteroatoms. The molecule has 1 heterocycles. The number of carbonyl (C=O) groups is 1. The van der Waals surface area contributed by atoms with E-state index in [0.717, 1.165) is 18.2 Å². The molecule has 1 aliphatic heterocycles. The molecule has 3 rings (SSSR count). The zero-order chi connectivity index (χ0) is 17.9. The van der Waals surface area contributed by atoms with E-state index in [9.17, 15) is 17.6 Å². The molecule has 0 aliphatic carbocycles. The van der Waals surface area contributed by atoms with E-state index in [1.807, 2.05) is 0 Å². The normalized spacial score (nSPS) is 15.7. The fourth-order valence-corrected chi connectivity index (χ4v) is 3.84. The van der Waals surface area contributed by atoms with Gasteiger partial charge in [0.05, 0.1) is 23.7 Å². The Balaban J connectivity index is 1.88. The van der Waals surface area contributed by atoms with Crippen molar-refractivity contribution in [2.75, 3.05) is 26.3 Å². The lowest BCUT2D eigenvalue weighted by molar-refractivity contribution is 0.0724. The van der Waals surface area contributed by atoms with Gasteiger partial charge in [0.25, 0.3) is 0 Å². The van der Waals surface area contributed by atoms with E-state index in [1.54, 1.807) is 30.3 Å². The number of para-hydroxylation sites is 1. The third-order valence-electron chi connectivity index (χ3n) is 3.72. The summed E-state index contributed by atoms with van der Waals surface area (Å²) >= 11 is 0. The summed E-state index contributed by atoms with van der Waals surface area (Å²) in [6.45, 7) is 1.01. The second-order valence-corrected chi connectivity index (χ2v) is 7.30. The van der Waals surface area contributed by atoms with Crippen molar-refractivity contribution in [3.8, 4) is 5.75 Å². The fraction of sp³-hybridized carbons (Fsp3) is 0.235. The second-order valence-electron chi connectivity index (χ2n) is 5.36. The van der Waals surface area contributed by atoms with Gasteiger partial charge in [-0.1, -0.05) is 18.2 Å². The Labute approximate surface area is 144 Å². The van der Waals surface area contributed by atoms with Gasteiger partial charge in [0.1, 0.15) is 11.6 Å². The predicted octanol–water partition coefficient (Wildman–Crippen LogP) is 2.07. The fourth-order valence-electron chi connectivity index (χ4n) is 2.41. The number of rotatable bonds is 4. The van der Waals surface area contributed by atoms with Crippen LogP contribution >= 0.6 is 0 Å². The molecule has 1 saturated heterocycles.